The van der Waals surface area contributed by atoms with Crippen molar-refractivity contribution in [2.75, 3.05) is 5.73 Å². The first-order valence-corrected chi connectivity index (χ1v) is 4.87. The van der Waals surface area contributed by atoms with Gasteiger partial charge in [0.2, 0.25) is 0 Å². The molecule has 2 aromatic heterocycles. The van der Waals surface area contributed by atoms with E-state index in [1.165, 1.54) is 6.07 Å². The number of aromatic nitrogens is 3. The molecule has 86 valence electrons. The summed E-state index contributed by atoms with van der Waals surface area (Å²) in [5.74, 6) is -0.829. The lowest BCUT2D eigenvalue weighted by molar-refractivity contribution is 0.0690. The first-order chi connectivity index (χ1) is 8.06. The number of nitrogens with two attached hydrogens (primary N) is 1. The minimum Gasteiger partial charge on any atom is -0.477 e. The number of pyridine rings is 1. The molecule has 0 unspecified atom stereocenters. The molecule has 0 atom stereocenters. The minimum atomic E-state index is -1.15. The summed E-state index contributed by atoms with van der Waals surface area (Å²) in [5, 5.41) is 8.86. The van der Waals surface area contributed by atoms with E-state index in [9.17, 15) is 4.79 Å². The monoisotopic (exact) mass is 230 g/mol. The molecule has 6 nitrogen and oxygen atoms in total. The maximum Gasteiger partial charge on any atom is 0.354 e. The SMILES string of the molecule is Cc1ccc(-c2nc(N)cc(C(=O)O)n2)nc1. The molecule has 2 aromatic rings. The zero-order valence-electron chi connectivity index (χ0n) is 9.08. The van der Waals surface area contributed by atoms with E-state index in [0.717, 1.165) is 5.56 Å². The Morgan fingerprint density at radius 3 is 2.71 bits per heavy atom. The summed E-state index contributed by atoms with van der Waals surface area (Å²) in [6.07, 6.45) is 1.66. The lowest BCUT2D eigenvalue weighted by atomic mass is 10.2. The topological polar surface area (TPSA) is 102 Å². The molecular formula is C11H10N4O2. The Morgan fingerprint density at radius 2 is 2.12 bits per heavy atom. The van der Waals surface area contributed by atoms with Crippen molar-refractivity contribution in [3.05, 3.63) is 35.7 Å². The van der Waals surface area contributed by atoms with Crippen LogP contribution in [0.2, 0.25) is 0 Å². The van der Waals surface area contributed by atoms with Crippen LogP contribution in [0, 0.1) is 6.92 Å². The fourth-order valence-corrected chi connectivity index (χ4v) is 1.29. The molecule has 0 aliphatic rings. The predicted octanol–water partition coefficient (Wildman–Crippen LogP) is 1.13. The molecule has 2 rings (SSSR count). The molecule has 6 heteroatoms. The number of hydrogen-bond acceptors (Lipinski definition) is 5. The number of nitrogens with zero attached hydrogens (tertiary/aromatic N) is 3. The van der Waals surface area contributed by atoms with Crippen LogP contribution in [0.5, 0.6) is 0 Å². The van der Waals surface area contributed by atoms with Crippen molar-refractivity contribution >= 4 is 11.8 Å². The molecule has 0 saturated carbocycles. The van der Waals surface area contributed by atoms with Crippen molar-refractivity contribution in [3.8, 4) is 11.5 Å². The number of aromatic carboxylic acids is 1. The lowest BCUT2D eigenvalue weighted by Gasteiger charge is -2.02. The van der Waals surface area contributed by atoms with E-state index in [1.54, 1.807) is 12.3 Å². The van der Waals surface area contributed by atoms with Gasteiger partial charge in [0.25, 0.3) is 0 Å². The van der Waals surface area contributed by atoms with Crippen LogP contribution < -0.4 is 5.73 Å². The molecule has 0 fully saturated rings. The number of rotatable bonds is 2. The summed E-state index contributed by atoms with van der Waals surface area (Å²) in [6, 6.07) is 4.77. The highest BCUT2D eigenvalue weighted by molar-refractivity contribution is 5.86. The van der Waals surface area contributed by atoms with E-state index < -0.39 is 5.97 Å². The summed E-state index contributed by atoms with van der Waals surface area (Å²) in [4.78, 5) is 22.8. The predicted molar refractivity (Wildman–Crippen MR) is 61.4 cm³/mol. The number of carbonyl (C=O) groups is 1. The second-order valence-corrected chi connectivity index (χ2v) is 3.53. The third-order valence-electron chi connectivity index (χ3n) is 2.11. The molecule has 17 heavy (non-hydrogen) atoms. The van der Waals surface area contributed by atoms with E-state index in [0.29, 0.717) is 5.69 Å². The lowest BCUT2D eigenvalue weighted by Crippen LogP contribution is -2.06. The number of carboxylic acids is 1. The van der Waals surface area contributed by atoms with Crippen LogP contribution >= 0.6 is 0 Å². The molecule has 0 radical (unpaired) electrons. The Kier molecular flexibility index (Phi) is 2.70. The van der Waals surface area contributed by atoms with E-state index in [2.05, 4.69) is 15.0 Å². The molecule has 0 aliphatic heterocycles. The average molecular weight is 230 g/mol. The number of hydrogen-bond donors (Lipinski definition) is 2. The summed E-state index contributed by atoms with van der Waals surface area (Å²) >= 11 is 0. The van der Waals surface area contributed by atoms with E-state index in [1.807, 2.05) is 13.0 Å². The Labute approximate surface area is 97.2 Å². The number of nitrogen functional groups attached to an aromatic ring is 1. The van der Waals surface area contributed by atoms with E-state index >= 15 is 0 Å². The summed E-state index contributed by atoms with van der Waals surface area (Å²) in [6.45, 7) is 1.90. The molecule has 0 bridgehead atoms. The van der Waals surface area contributed by atoms with Gasteiger partial charge >= 0.3 is 5.97 Å². The van der Waals surface area contributed by atoms with E-state index in [4.69, 9.17) is 10.8 Å². The fourth-order valence-electron chi connectivity index (χ4n) is 1.29. The molecule has 0 aromatic carbocycles. The van der Waals surface area contributed by atoms with Gasteiger partial charge in [0.05, 0.1) is 0 Å². The molecule has 0 amide bonds. The Balaban J connectivity index is 2.51. The average Bonchev–Trinajstić information content (AvgIpc) is 2.29. The fraction of sp³-hybridized carbons (Fsp3) is 0.0909. The van der Waals surface area contributed by atoms with Crippen molar-refractivity contribution < 1.29 is 9.90 Å². The highest BCUT2D eigenvalue weighted by Gasteiger charge is 2.11. The second kappa shape index (κ2) is 4.17. The Hall–Kier alpha value is -2.50. The summed E-state index contributed by atoms with van der Waals surface area (Å²) in [5.41, 5.74) is 6.87. The van der Waals surface area contributed by atoms with Gasteiger partial charge in [-0.05, 0) is 18.6 Å². The summed E-state index contributed by atoms with van der Waals surface area (Å²) in [7, 11) is 0. The molecule has 2 heterocycles. The first-order valence-electron chi connectivity index (χ1n) is 4.87. The Bertz CT molecular complexity index is 566. The molecule has 3 N–H and O–H groups in total. The maximum absolute atomic E-state index is 10.8. The van der Waals surface area contributed by atoms with Gasteiger partial charge in [-0.15, -0.1) is 0 Å². The van der Waals surface area contributed by atoms with Gasteiger partial charge in [-0.2, -0.15) is 0 Å². The normalized spacial score (nSPS) is 10.2. The summed E-state index contributed by atoms with van der Waals surface area (Å²) < 4.78 is 0. The minimum absolute atomic E-state index is 0.106. The van der Waals surface area contributed by atoms with Gasteiger partial charge in [-0.25, -0.2) is 14.8 Å². The van der Waals surface area contributed by atoms with Gasteiger partial charge in [0.1, 0.15) is 11.5 Å². The smallest absolute Gasteiger partial charge is 0.354 e. The van der Waals surface area contributed by atoms with Crippen molar-refractivity contribution in [2.45, 2.75) is 6.92 Å². The largest absolute Gasteiger partial charge is 0.477 e. The van der Waals surface area contributed by atoms with Crippen molar-refractivity contribution in [1.82, 2.24) is 15.0 Å². The Morgan fingerprint density at radius 1 is 1.35 bits per heavy atom. The quantitative estimate of drug-likeness (QED) is 0.801. The number of aryl methyl sites for hydroxylation is 1. The van der Waals surface area contributed by atoms with Crippen LogP contribution in [0.25, 0.3) is 11.5 Å². The van der Waals surface area contributed by atoms with Crippen LogP contribution in [0.3, 0.4) is 0 Å². The molecule has 0 aliphatic carbocycles. The van der Waals surface area contributed by atoms with Crippen LogP contribution in [-0.2, 0) is 0 Å². The van der Waals surface area contributed by atoms with Crippen LogP contribution in [-0.4, -0.2) is 26.0 Å². The van der Waals surface area contributed by atoms with Gasteiger partial charge < -0.3 is 10.8 Å². The van der Waals surface area contributed by atoms with Crippen molar-refractivity contribution in [2.24, 2.45) is 0 Å². The highest BCUT2D eigenvalue weighted by Crippen LogP contribution is 2.14. The zero-order chi connectivity index (χ0) is 12.4. The third-order valence-corrected chi connectivity index (χ3v) is 2.11. The second-order valence-electron chi connectivity index (χ2n) is 3.53. The van der Waals surface area contributed by atoms with Crippen LogP contribution in [0.4, 0.5) is 5.82 Å². The van der Waals surface area contributed by atoms with Gasteiger partial charge in [0.15, 0.2) is 11.5 Å². The van der Waals surface area contributed by atoms with Gasteiger partial charge in [-0.3, -0.25) is 4.98 Å². The van der Waals surface area contributed by atoms with E-state index in [-0.39, 0.29) is 17.3 Å². The van der Waals surface area contributed by atoms with Crippen molar-refractivity contribution in [1.29, 1.82) is 0 Å². The standard InChI is InChI=1S/C11H10N4O2/c1-6-2-3-7(13-5-6)10-14-8(11(16)17)4-9(12)15-10/h2-5H,1H3,(H,16,17)(H2,12,14,15). The number of carboxylic acid groups (broad SMARTS) is 1. The van der Waals surface area contributed by atoms with Crippen molar-refractivity contribution in [3.63, 3.8) is 0 Å². The maximum atomic E-state index is 10.8. The molecule has 0 saturated heterocycles. The first kappa shape index (κ1) is 11.0. The third kappa shape index (κ3) is 2.36. The zero-order valence-corrected chi connectivity index (χ0v) is 9.08. The number of anilines is 1. The van der Waals surface area contributed by atoms with Crippen LogP contribution in [0.15, 0.2) is 24.4 Å². The van der Waals surface area contributed by atoms with Gasteiger partial charge in [0, 0.05) is 12.3 Å². The van der Waals surface area contributed by atoms with Crippen LogP contribution in [0.1, 0.15) is 16.1 Å². The molecule has 0 spiro atoms. The molecular weight excluding hydrogens is 220 g/mol. The highest BCUT2D eigenvalue weighted by atomic mass is 16.4. The van der Waals surface area contributed by atoms with Gasteiger partial charge in [-0.1, -0.05) is 6.07 Å².